The van der Waals surface area contributed by atoms with E-state index in [2.05, 4.69) is 10.1 Å². The van der Waals surface area contributed by atoms with Crippen molar-refractivity contribution in [2.75, 3.05) is 32.8 Å². The molecule has 116 valence electrons. The number of aromatic nitrogens is 1. The largest absolute Gasteiger partial charge is 0.395 e. The molecule has 0 aromatic carbocycles. The molecule has 1 aromatic heterocycles. The van der Waals surface area contributed by atoms with Gasteiger partial charge in [-0.2, -0.15) is 0 Å². The minimum Gasteiger partial charge on any atom is -0.395 e. The Balaban J connectivity index is 1.61. The Morgan fingerprint density at radius 1 is 1.43 bits per heavy atom. The van der Waals surface area contributed by atoms with Crippen LogP contribution in [0.3, 0.4) is 0 Å². The number of hydrogen-bond acceptors (Lipinski definition) is 5. The van der Waals surface area contributed by atoms with Gasteiger partial charge in [-0.3, -0.25) is 9.69 Å². The number of nitrogens with zero attached hydrogens (tertiary/aromatic N) is 3. The zero-order chi connectivity index (χ0) is 14.8. The summed E-state index contributed by atoms with van der Waals surface area (Å²) < 4.78 is 5.27. The number of carbonyl (C=O) groups excluding carboxylic acids is 1. The molecule has 1 N–H and O–H groups in total. The molecular formula is C15H23N3O3. The van der Waals surface area contributed by atoms with Crippen molar-refractivity contribution in [3.05, 3.63) is 17.5 Å². The fraction of sp³-hybridized carbons (Fsp3) is 0.733. The Morgan fingerprint density at radius 2 is 2.24 bits per heavy atom. The maximum atomic E-state index is 12.5. The summed E-state index contributed by atoms with van der Waals surface area (Å²) in [5.41, 5.74) is 0.431. The number of aliphatic hydroxyl groups excluding tert-OH is 1. The summed E-state index contributed by atoms with van der Waals surface area (Å²) in [6.45, 7) is 5.28. The Labute approximate surface area is 124 Å². The summed E-state index contributed by atoms with van der Waals surface area (Å²) >= 11 is 0. The third-order valence-corrected chi connectivity index (χ3v) is 4.43. The van der Waals surface area contributed by atoms with Crippen LogP contribution >= 0.6 is 0 Å². The van der Waals surface area contributed by atoms with E-state index in [0.717, 1.165) is 44.7 Å². The summed E-state index contributed by atoms with van der Waals surface area (Å²) in [5, 5.41) is 13.2. The second-order valence-corrected chi connectivity index (χ2v) is 6.10. The summed E-state index contributed by atoms with van der Waals surface area (Å²) in [6, 6.07) is 1.95. The van der Waals surface area contributed by atoms with Crippen molar-refractivity contribution >= 4 is 5.91 Å². The first-order chi connectivity index (χ1) is 10.2. The highest BCUT2D eigenvalue weighted by atomic mass is 16.5. The summed E-state index contributed by atoms with van der Waals surface area (Å²) in [5.74, 6) is 1.29. The second kappa shape index (κ2) is 6.15. The van der Waals surface area contributed by atoms with Crippen molar-refractivity contribution in [2.24, 2.45) is 0 Å². The first-order valence-electron chi connectivity index (χ1n) is 7.80. The molecule has 1 atom stereocenters. The van der Waals surface area contributed by atoms with Gasteiger partial charge in [0.15, 0.2) is 5.69 Å². The summed E-state index contributed by atoms with van der Waals surface area (Å²) in [7, 11) is 0. The Kier molecular flexibility index (Phi) is 4.26. The molecule has 1 aliphatic heterocycles. The van der Waals surface area contributed by atoms with Crippen LogP contribution in [0.15, 0.2) is 10.6 Å². The number of rotatable bonds is 4. The predicted octanol–water partition coefficient (Wildman–Crippen LogP) is 1.08. The van der Waals surface area contributed by atoms with Crippen LogP contribution < -0.4 is 0 Å². The van der Waals surface area contributed by atoms with Gasteiger partial charge in [0.25, 0.3) is 5.91 Å². The third kappa shape index (κ3) is 3.27. The lowest BCUT2D eigenvalue weighted by Gasteiger charge is -2.26. The average Bonchev–Trinajstić information content (AvgIpc) is 3.28. The van der Waals surface area contributed by atoms with E-state index in [9.17, 15) is 9.90 Å². The minimum absolute atomic E-state index is 0.0378. The summed E-state index contributed by atoms with van der Waals surface area (Å²) in [4.78, 5) is 16.6. The van der Waals surface area contributed by atoms with Crippen LogP contribution in [0.25, 0.3) is 0 Å². The standard InChI is InChI=1S/C15H23N3O3/c1-11(10-19)17-5-2-6-18(8-7-17)15(20)13-9-14(21-16-13)12-3-4-12/h9,11-12,19H,2-8,10H2,1H3. The SMILES string of the molecule is CC(CO)N1CCCN(C(=O)c2cc(C3CC3)on2)CC1. The van der Waals surface area contributed by atoms with Crippen LogP contribution in [0.1, 0.15) is 48.4 Å². The molecule has 2 fully saturated rings. The first-order valence-corrected chi connectivity index (χ1v) is 7.80. The highest BCUT2D eigenvalue weighted by molar-refractivity contribution is 5.92. The Morgan fingerprint density at radius 3 is 2.95 bits per heavy atom. The van der Waals surface area contributed by atoms with Crippen LogP contribution in [-0.2, 0) is 0 Å². The highest BCUT2D eigenvalue weighted by Crippen LogP contribution is 2.40. The van der Waals surface area contributed by atoms with Crippen molar-refractivity contribution in [2.45, 2.75) is 38.1 Å². The van der Waals surface area contributed by atoms with Crippen LogP contribution in [0.2, 0.25) is 0 Å². The van der Waals surface area contributed by atoms with Gasteiger partial charge < -0.3 is 14.5 Å². The Hall–Kier alpha value is -1.40. The fourth-order valence-electron chi connectivity index (χ4n) is 2.81. The minimum atomic E-state index is -0.0378. The van der Waals surface area contributed by atoms with Gasteiger partial charge >= 0.3 is 0 Å². The van der Waals surface area contributed by atoms with Gasteiger partial charge in [0.1, 0.15) is 5.76 Å². The maximum absolute atomic E-state index is 12.5. The van der Waals surface area contributed by atoms with Gasteiger partial charge in [-0.15, -0.1) is 0 Å². The highest BCUT2D eigenvalue weighted by Gasteiger charge is 2.30. The third-order valence-electron chi connectivity index (χ3n) is 4.43. The molecule has 0 spiro atoms. The zero-order valence-corrected chi connectivity index (χ0v) is 12.5. The van der Waals surface area contributed by atoms with E-state index >= 15 is 0 Å². The number of carbonyl (C=O) groups is 1. The monoisotopic (exact) mass is 293 g/mol. The lowest BCUT2D eigenvalue weighted by Crippen LogP contribution is -2.39. The second-order valence-electron chi connectivity index (χ2n) is 6.10. The quantitative estimate of drug-likeness (QED) is 0.899. The topological polar surface area (TPSA) is 69.8 Å². The van der Waals surface area contributed by atoms with E-state index in [4.69, 9.17) is 4.52 Å². The lowest BCUT2D eigenvalue weighted by molar-refractivity contribution is 0.0743. The molecule has 1 saturated carbocycles. The van der Waals surface area contributed by atoms with Crippen molar-refractivity contribution in [1.82, 2.24) is 15.0 Å². The number of hydrogen-bond donors (Lipinski definition) is 1. The molecule has 6 nitrogen and oxygen atoms in total. The molecule has 1 saturated heterocycles. The first kappa shape index (κ1) is 14.5. The van der Waals surface area contributed by atoms with E-state index in [1.54, 1.807) is 6.07 Å². The molecule has 0 bridgehead atoms. The molecule has 0 radical (unpaired) electrons. The van der Waals surface area contributed by atoms with E-state index in [-0.39, 0.29) is 18.6 Å². The van der Waals surface area contributed by atoms with Gasteiger partial charge in [0.2, 0.25) is 0 Å². The van der Waals surface area contributed by atoms with Crippen LogP contribution in [0.4, 0.5) is 0 Å². The van der Waals surface area contributed by atoms with Gasteiger partial charge in [-0.1, -0.05) is 5.16 Å². The molecule has 6 heteroatoms. The van der Waals surface area contributed by atoms with Crippen molar-refractivity contribution in [1.29, 1.82) is 0 Å². The molecule has 2 heterocycles. The zero-order valence-electron chi connectivity index (χ0n) is 12.5. The molecule has 1 aromatic rings. The Bertz CT molecular complexity index is 498. The van der Waals surface area contributed by atoms with Gasteiger partial charge in [0.05, 0.1) is 6.61 Å². The van der Waals surface area contributed by atoms with Gasteiger partial charge in [0, 0.05) is 44.2 Å². The van der Waals surface area contributed by atoms with Gasteiger partial charge in [-0.05, 0) is 26.2 Å². The van der Waals surface area contributed by atoms with Crippen LogP contribution in [-0.4, -0.2) is 64.8 Å². The van der Waals surface area contributed by atoms with Crippen LogP contribution in [0, 0.1) is 0 Å². The van der Waals surface area contributed by atoms with Gasteiger partial charge in [-0.25, -0.2) is 0 Å². The maximum Gasteiger partial charge on any atom is 0.276 e. The predicted molar refractivity (Wildman–Crippen MR) is 77.1 cm³/mol. The van der Waals surface area contributed by atoms with E-state index in [1.807, 2.05) is 11.8 Å². The molecular weight excluding hydrogens is 270 g/mol. The van der Waals surface area contributed by atoms with E-state index in [1.165, 1.54) is 0 Å². The molecule has 1 aliphatic carbocycles. The number of amides is 1. The fourth-order valence-corrected chi connectivity index (χ4v) is 2.81. The van der Waals surface area contributed by atoms with Crippen molar-refractivity contribution in [3.63, 3.8) is 0 Å². The smallest absolute Gasteiger partial charge is 0.276 e. The van der Waals surface area contributed by atoms with E-state index < -0.39 is 0 Å². The summed E-state index contributed by atoms with van der Waals surface area (Å²) in [6.07, 6.45) is 3.20. The van der Waals surface area contributed by atoms with Crippen LogP contribution in [0.5, 0.6) is 0 Å². The molecule has 21 heavy (non-hydrogen) atoms. The average molecular weight is 293 g/mol. The van der Waals surface area contributed by atoms with Crippen molar-refractivity contribution < 1.29 is 14.4 Å². The van der Waals surface area contributed by atoms with E-state index in [0.29, 0.717) is 18.2 Å². The molecule has 3 rings (SSSR count). The molecule has 1 unspecified atom stereocenters. The lowest BCUT2D eigenvalue weighted by atomic mass is 10.2. The molecule has 2 aliphatic rings. The van der Waals surface area contributed by atoms with Crippen molar-refractivity contribution in [3.8, 4) is 0 Å². The molecule has 1 amide bonds. The number of aliphatic hydroxyl groups is 1. The normalized spacial score (nSPS) is 22.1.